The number of nitrogens with zero attached hydrogens (tertiary/aromatic N) is 2. The van der Waals surface area contributed by atoms with Gasteiger partial charge in [-0.1, -0.05) is 54.6 Å². The zero-order valence-electron chi connectivity index (χ0n) is 20.1. The molecule has 36 heavy (non-hydrogen) atoms. The molecule has 0 spiro atoms. The number of aromatic nitrogens is 1. The fourth-order valence-corrected chi connectivity index (χ4v) is 4.08. The molecule has 7 heteroatoms. The lowest BCUT2D eigenvalue weighted by atomic mass is 10.1. The van der Waals surface area contributed by atoms with Gasteiger partial charge in [0.2, 0.25) is 0 Å². The molecule has 1 N–H and O–H groups in total. The Balaban J connectivity index is 1.47. The predicted octanol–water partition coefficient (Wildman–Crippen LogP) is 6.44. The number of aryl methyl sites for hydroxylation is 1. The van der Waals surface area contributed by atoms with E-state index >= 15 is 0 Å². The van der Waals surface area contributed by atoms with E-state index < -0.39 is 0 Å². The second-order valence-corrected chi connectivity index (χ2v) is 8.35. The molecule has 0 aliphatic rings. The Morgan fingerprint density at radius 3 is 2.53 bits per heavy atom. The van der Waals surface area contributed by atoms with E-state index in [4.69, 9.17) is 21.1 Å². The van der Waals surface area contributed by atoms with Gasteiger partial charge in [-0.2, -0.15) is 5.10 Å². The summed E-state index contributed by atoms with van der Waals surface area (Å²) in [7, 11) is 1.52. The van der Waals surface area contributed by atoms with Crippen molar-refractivity contribution in [2.24, 2.45) is 5.10 Å². The number of hydrogen-bond donors (Lipinski definition) is 1. The number of carbonyl (C=O) groups excluding carboxylic acids is 1. The van der Waals surface area contributed by atoms with Gasteiger partial charge in [0.05, 0.1) is 24.0 Å². The molecule has 0 unspecified atom stereocenters. The topological polar surface area (TPSA) is 64.8 Å². The lowest BCUT2D eigenvalue weighted by Gasteiger charge is -2.13. The largest absolute Gasteiger partial charge is 0.493 e. The van der Waals surface area contributed by atoms with E-state index in [1.54, 1.807) is 30.3 Å². The van der Waals surface area contributed by atoms with Crippen molar-refractivity contribution in [1.29, 1.82) is 0 Å². The number of carbonyl (C=O) groups is 1. The van der Waals surface area contributed by atoms with Crippen LogP contribution in [0.5, 0.6) is 11.5 Å². The van der Waals surface area contributed by atoms with Crippen LogP contribution in [0.4, 0.5) is 0 Å². The van der Waals surface area contributed by atoms with Crippen molar-refractivity contribution in [2.75, 3.05) is 13.7 Å². The summed E-state index contributed by atoms with van der Waals surface area (Å²) in [5.74, 6) is 0.561. The van der Waals surface area contributed by atoms with E-state index in [1.807, 2.05) is 30.3 Å². The maximum Gasteiger partial charge on any atom is 0.271 e. The fourth-order valence-electron chi connectivity index (χ4n) is 3.80. The van der Waals surface area contributed by atoms with Crippen LogP contribution in [0.25, 0.3) is 16.9 Å². The number of rotatable bonds is 9. The van der Waals surface area contributed by atoms with Gasteiger partial charge >= 0.3 is 0 Å². The molecule has 0 saturated heterocycles. The summed E-state index contributed by atoms with van der Waals surface area (Å²) < 4.78 is 13.1. The number of hydrazone groups is 1. The van der Waals surface area contributed by atoms with Crippen LogP contribution < -0.4 is 14.9 Å². The summed E-state index contributed by atoms with van der Waals surface area (Å²) in [6, 6.07) is 25.2. The lowest BCUT2D eigenvalue weighted by Crippen LogP contribution is -2.17. The third kappa shape index (κ3) is 5.50. The van der Waals surface area contributed by atoms with Gasteiger partial charge in [-0.05, 0) is 66.6 Å². The van der Waals surface area contributed by atoms with Crippen LogP contribution in [0.3, 0.4) is 0 Å². The second-order valence-electron chi connectivity index (χ2n) is 7.94. The Bertz CT molecular complexity index is 1390. The summed E-state index contributed by atoms with van der Waals surface area (Å²) in [5, 5.41) is 4.44. The molecule has 4 aromatic rings. The first-order valence-electron chi connectivity index (χ1n) is 11.3. The van der Waals surface area contributed by atoms with E-state index in [9.17, 15) is 4.79 Å². The average molecular weight is 500 g/mol. The number of amides is 1. The normalized spacial score (nSPS) is 10.9. The van der Waals surface area contributed by atoms with Crippen molar-refractivity contribution in [1.82, 2.24) is 9.99 Å². The van der Waals surface area contributed by atoms with Crippen LogP contribution in [-0.4, -0.2) is 30.4 Å². The summed E-state index contributed by atoms with van der Waals surface area (Å²) in [4.78, 5) is 12.6. The highest BCUT2D eigenvalue weighted by molar-refractivity contribution is 6.32. The number of benzene rings is 3. The molecular formula is C29H26ClN3O3. The summed E-state index contributed by atoms with van der Waals surface area (Å²) in [5.41, 5.74) is 7.97. The van der Waals surface area contributed by atoms with Crippen LogP contribution in [0.2, 0.25) is 5.02 Å². The highest BCUT2D eigenvalue weighted by Gasteiger charge is 2.12. The van der Waals surface area contributed by atoms with Crippen LogP contribution in [0.1, 0.15) is 21.6 Å². The Morgan fingerprint density at radius 1 is 1.08 bits per heavy atom. The number of ether oxygens (including phenoxy) is 2. The average Bonchev–Trinajstić information content (AvgIpc) is 3.29. The van der Waals surface area contributed by atoms with Crippen molar-refractivity contribution in [3.05, 3.63) is 113 Å². The molecule has 0 radical (unpaired) electrons. The predicted molar refractivity (Wildman–Crippen MR) is 145 cm³/mol. The van der Waals surface area contributed by atoms with Crippen LogP contribution in [-0.2, 0) is 0 Å². The first kappa shape index (κ1) is 24.8. The van der Waals surface area contributed by atoms with Gasteiger partial charge in [0, 0.05) is 16.9 Å². The molecule has 182 valence electrons. The molecule has 0 aliphatic carbocycles. The molecule has 1 amide bonds. The van der Waals surface area contributed by atoms with Crippen LogP contribution in [0, 0.1) is 6.92 Å². The zero-order chi connectivity index (χ0) is 25.5. The molecule has 0 bridgehead atoms. The Labute approximate surface area is 215 Å². The van der Waals surface area contributed by atoms with Crippen molar-refractivity contribution in [3.63, 3.8) is 0 Å². The van der Waals surface area contributed by atoms with E-state index in [2.05, 4.69) is 52.9 Å². The lowest BCUT2D eigenvalue weighted by molar-refractivity contribution is 0.0955. The third-order valence-corrected chi connectivity index (χ3v) is 5.79. The van der Waals surface area contributed by atoms with Crippen molar-refractivity contribution in [3.8, 4) is 28.4 Å². The number of nitrogens with one attached hydrogen (secondary N) is 1. The molecule has 0 atom stereocenters. The van der Waals surface area contributed by atoms with E-state index in [0.717, 1.165) is 22.6 Å². The molecule has 3 aromatic carbocycles. The highest BCUT2D eigenvalue weighted by Crippen LogP contribution is 2.36. The van der Waals surface area contributed by atoms with Gasteiger partial charge in [-0.25, -0.2) is 5.43 Å². The number of halogens is 1. The van der Waals surface area contributed by atoms with Crippen molar-refractivity contribution < 1.29 is 14.3 Å². The van der Waals surface area contributed by atoms with Crippen LogP contribution >= 0.6 is 11.6 Å². The van der Waals surface area contributed by atoms with E-state index in [1.165, 1.54) is 13.3 Å². The van der Waals surface area contributed by atoms with Crippen LogP contribution in [0.15, 0.2) is 96.6 Å². The molecule has 1 heterocycles. The van der Waals surface area contributed by atoms with Gasteiger partial charge in [0.15, 0.2) is 11.5 Å². The third-order valence-electron chi connectivity index (χ3n) is 5.51. The van der Waals surface area contributed by atoms with Gasteiger partial charge in [-0.15, -0.1) is 0 Å². The molecular weight excluding hydrogens is 474 g/mol. The SMILES string of the molecule is C=CCOc1c(Cl)cc(/C=N/NC(=O)c2ccc(-n3c(C)ccc3-c3ccccc3)cc2)cc1OC. The monoisotopic (exact) mass is 499 g/mol. The smallest absolute Gasteiger partial charge is 0.271 e. The van der Waals surface area contributed by atoms with Gasteiger partial charge in [0.1, 0.15) is 6.61 Å². The molecule has 4 rings (SSSR count). The maximum atomic E-state index is 12.6. The van der Waals surface area contributed by atoms with Gasteiger partial charge < -0.3 is 14.0 Å². The van der Waals surface area contributed by atoms with Gasteiger partial charge in [-0.3, -0.25) is 4.79 Å². The first-order chi connectivity index (χ1) is 17.5. The Hall–Kier alpha value is -4.29. The minimum absolute atomic E-state index is 0.301. The Morgan fingerprint density at radius 2 is 1.83 bits per heavy atom. The van der Waals surface area contributed by atoms with Gasteiger partial charge in [0.25, 0.3) is 5.91 Å². The summed E-state index contributed by atoms with van der Waals surface area (Å²) in [6.07, 6.45) is 3.11. The quantitative estimate of drug-likeness (QED) is 0.164. The molecule has 6 nitrogen and oxygen atoms in total. The summed E-state index contributed by atoms with van der Waals surface area (Å²) in [6.45, 7) is 5.98. The number of methoxy groups -OCH3 is 1. The molecule has 0 fully saturated rings. The van der Waals surface area contributed by atoms with Crippen molar-refractivity contribution >= 4 is 23.7 Å². The number of hydrogen-bond acceptors (Lipinski definition) is 4. The Kier molecular flexibility index (Phi) is 7.88. The fraction of sp³-hybridized carbons (Fsp3) is 0.103. The maximum absolute atomic E-state index is 12.6. The van der Waals surface area contributed by atoms with E-state index in [-0.39, 0.29) is 5.91 Å². The molecule has 0 aliphatic heterocycles. The molecule has 0 saturated carbocycles. The molecule has 1 aromatic heterocycles. The zero-order valence-corrected chi connectivity index (χ0v) is 20.8. The highest BCUT2D eigenvalue weighted by atomic mass is 35.5. The summed E-state index contributed by atoms with van der Waals surface area (Å²) >= 11 is 6.31. The minimum atomic E-state index is -0.325. The first-order valence-corrected chi connectivity index (χ1v) is 11.7. The second kappa shape index (κ2) is 11.4. The van der Waals surface area contributed by atoms with E-state index in [0.29, 0.717) is 34.3 Å². The van der Waals surface area contributed by atoms with Crippen molar-refractivity contribution in [2.45, 2.75) is 6.92 Å². The minimum Gasteiger partial charge on any atom is -0.493 e. The standard InChI is InChI=1S/C29H26ClN3O3/c1-4-16-36-28-25(30)17-21(18-27(28)35-3)19-31-32-29(34)23-11-13-24(14-12-23)33-20(2)10-15-26(33)22-8-6-5-7-9-22/h4-15,17-19H,1,16H2,2-3H3,(H,32,34)/b31-19+.